The zero-order valence-electron chi connectivity index (χ0n) is 24.9. The number of para-hydroxylation sites is 1. The first kappa shape index (κ1) is 26.8. The molecule has 0 aliphatic rings. The summed E-state index contributed by atoms with van der Waals surface area (Å²) in [5.41, 5.74) is 9.40. The van der Waals surface area contributed by atoms with E-state index in [1.165, 1.54) is 0 Å². The lowest BCUT2D eigenvalue weighted by molar-refractivity contribution is 0.668. The molecule has 0 fully saturated rings. The Kier molecular flexibility index (Phi) is 6.31. The van der Waals surface area contributed by atoms with Gasteiger partial charge in [-0.2, -0.15) is 0 Å². The van der Waals surface area contributed by atoms with Gasteiger partial charge in [-0.25, -0.2) is 19.9 Å². The number of furan rings is 1. The molecule has 0 radical (unpaired) electrons. The number of hydrogen-bond acceptors (Lipinski definition) is 7. The molecule has 9 rings (SSSR count). The van der Waals surface area contributed by atoms with Gasteiger partial charge in [0.1, 0.15) is 16.9 Å². The van der Waals surface area contributed by atoms with Gasteiger partial charge in [-0.15, -0.1) is 0 Å². The monoisotopic (exact) mass is 604 g/mol. The number of nitrogens with zero attached hydrogens (tertiary/aromatic N) is 6. The highest BCUT2D eigenvalue weighted by atomic mass is 16.3. The van der Waals surface area contributed by atoms with Crippen LogP contribution in [-0.4, -0.2) is 29.9 Å². The van der Waals surface area contributed by atoms with Crippen LogP contribution in [0.4, 0.5) is 0 Å². The van der Waals surface area contributed by atoms with Crippen molar-refractivity contribution in [3.05, 3.63) is 146 Å². The van der Waals surface area contributed by atoms with Crippen molar-refractivity contribution in [3.8, 4) is 56.7 Å². The Hall–Kier alpha value is -6.60. The quantitative estimate of drug-likeness (QED) is 0.193. The summed E-state index contributed by atoms with van der Waals surface area (Å²) in [7, 11) is 0. The van der Waals surface area contributed by atoms with Crippen molar-refractivity contribution < 1.29 is 4.42 Å². The van der Waals surface area contributed by atoms with E-state index in [2.05, 4.69) is 29.2 Å². The molecule has 4 aromatic heterocycles. The molecule has 220 valence electrons. The van der Waals surface area contributed by atoms with Gasteiger partial charge in [-0.05, 0) is 35.4 Å². The van der Waals surface area contributed by atoms with Crippen molar-refractivity contribution in [3.63, 3.8) is 0 Å². The van der Waals surface area contributed by atoms with Crippen LogP contribution in [0.3, 0.4) is 0 Å². The smallest absolute Gasteiger partial charge is 0.164 e. The van der Waals surface area contributed by atoms with Gasteiger partial charge in [0.2, 0.25) is 0 Å². The van der Waals surface area contributed by atoms with Crippen molar-refractivity contribution in [2.75, 3.05) is 0 Å². The number of rotatable bonds is 5. The van der Waals surface area contributed by atoms with Crippen molar-refractivity contribution in [2.24, 2.45) is 0 Å². The summed E-state index contributed by atoms with van der Waals surface area (Å²) < 4.78 is 6.07. The fourth-order valence-corrected chi connectivity index (χ4v) is 5.85. The minimum absolute atomic E-state index is 0.610. The molecule has 0 unspecified atom stereocenters. The largest absolute Gasteiger partial charge is 0.456 e. The minimum atomic E-state index is 0.610. The Morgan fingerprint density at radius 1 is 0.362 bits per heavy atom. The van der Waals surface area contributed by atoms with Crippen LogP contribution in [0.5, 0.6) is 0 Å². The van der Waals surface area contributed by atoms with Crippen LogP contribution in [0.15, 0.2) is 150 Å². The lowest BCUT2D eigenvalue weighted by atomic mass is 10.0. The first-order valence-electron chi connectivity index (χ1n) is 15.3. The normalized spacial score (nSPS) is 11.4. The van der Waals surface area contributed by atoms with Gasteiger partial charge in [0, 0.05) is 39.7 Å². The maximum Gasteiger partial charge on any atom is 0.164 e. The third-order valence-corrected chi connectivity index (χ3v) is 8.22. The topological polar surface area (TPSA) is 90.5 Å². The van der Waals surface area contributed by atoms with Crippen LogP contribution in [-0.2, 0) is 0 Å². The summed E-state index contributed by atoms with van der Waals surface area (Å²) in [6.07, 6.45) is 3.61. The molecular formula is C40H24N6O. The average Bonchev–Trinajstić information content (AvgIpc) is 3.53. The maximum absolute atomic E-state index is 6.07. The Bertz CT molecular complexity index is 2520. The molecule has 0 saturated carbocycles. The fraction of sp³-hybridized carbons (Fsp3) is 0. The fourth-order valence-electron chi connectivity index (χ4n) is 5.85. The highest BCUT2D eigenvalue weighted by molar-refractivity contribution is 6.05. The van der Waals surface area contributed by atoms with Crippen LogP contribution in [0.2, 0.25) is 0 Å². The Morgan fingerprint density at radius 2 is 1.00 bits per heavy atom. The molecule has 0 atom stereocenters. The van der Waals surface area contributed by atoms with Crippen LogP contribution in [0, 0.1) is 0 Å². The van der Waals surface area contributed by atoms with Gasteiger partial charge in [0.05, 0.1) is 22.9 Å². The number of pyridine rings is 1. The molecule has 0 aliphatic heterocycles. The number of aromatic nitrogens is 6. The van der Waals surface area contributed by atoms with E-state index in [1.807, 2.05) is 115 Å². The van der Waals surface area contributed by atoms with Gasteiger partial charge < -0.3 is 4.42 Å². The summed E-state index contributed by atoms with van der Waals surface area (Å²) in [6, 6.07) is 44.2. The van der Waals surface area contributed by atoms with E-state index in [4.69, 9.17) is 29.3 Å². The number of fused-ring (bicyclic) bond motifs is 4. The maximum atomic E-state index is 6.07. The molecule has 7 heteroatoms. The second kappa shape index (κ2) is 11.1. The molecule has 0 saturated heterocycles. The summed E-state index contributed by atoms with van der Waals surface area (Å²) in [4.78, 5) is 29.0. The van der Waals surface area contributed by atoms with E-state index in [-0.39, 0.29) is 0 Å². The third-order valence-electron chi connectivity index (χ3n) is 8.22. The van der Waals surface area contributed by atoms with Crippen LogP contribution in [0.25, 0.3) is 89.7 Å². The van der Waals surface area contributed by atoms with E-state index in [0.29, 0.717) is 28.9 Å². The lowest BCUT2D eigenvalue weighted by Crippen LogP contribution is -2.00. The SMILES string of the molecule is c1ccc(-c2nc(-c3ccccc3)nc(-c3cccc(-c4ccc5nc(-c6cc7oc8ccccc8c7cn6)cnc5c4)c3)n2)cc1. The van der Waals surface area contributed by atoms with Crippen LogP contribution >= 0.6 is 0 Å². The number of benzene rings is 5. The van der Waals surface area contributed by atoms with E-state index in [9.17, 15) is 0 Å². The van der Waals surface area contributed by atoms with E-state index >= 15 is 0 Å². The van der Waals surface area contributed by atoms with E-state index < -0.39 is 0 Å². The molecule has 4 heterocycles. The van der Waals surface area contributed by atoms with Gasteiger partial charge in [-0.3, -0.25) is 9.97 Å². The zero-order valence-corrected chi connectivity index (χ0v) is 24.9. The van der Waals surface area contributed by atoms with Crippen molar-refractivity contribution in [2.45, 2.75) is 0 Å². The second-order valence-electron chi connectivity index (χ2n) is 11.2. The van der Waals surface area contributed by atoms with Crippen LogP contribution in [0.1, 0.15) is 0 Å². The Morgan fingerprint density at radius 3 is 1.77 bits per heavy atom. The predicted octanol–water partition coefficient (Wildman–Crippen LogP) is 9.44. The summed E-state index contributed by atoms with van der Waals surface area (Å²) in [5, 5.41) is 2.03. The molecule has 0 spiro atoms. The first-order valence-corrected chi connectivity index (χ1v) is 15.3. The van der Waals surface area contributed by atoms with E-state index in [0.717, 1.165) is 60.8 Å². The first-order chi connectivity index (χ1) is 23.2. The lowest BCUT2D eigenvalue weighted by Gasteiger charge is -2.10. The molecular weight excluding hydrogens is 580 g/mol. The standard InChI is InChI=1S/C40H24N6O/c1-3-10-25(11-4-1)38-44-39(26-12-5-2-6-13-26)46-40(45-38)29-15-9-14-27(20-29)28-18-19-32-33(21-28)42-24-35(43-32)34-22-37-31(23-41-34)30-16-7-8-17-36(30)47-37/h1-24H. The van der Waals surface area contributed by atoms with Crippen molar-refractivity contribution in [1.29, 1.82) is 0 Å². The zero-order chi connectivity index (χ0) is 31.2. The summed E-state index contributed by atoms with van der Waals surface area (Å²) in [5.74, 6) is 1.87. The number of hydrogen-bond donors (Lipinski definition) is 0. The summed E-state index contributed by atoms with van der Waals surface area (Å²) >= 11 is 0. The Balaban J connectivity index is 1.07. The molecule has 0 amide bonds. The third kappa shape index (κ3) is 4.96. The van der Waals surface area contributed by atoms with Gasteiger partial charge in [0.25, 0.3) is 0 Å². The Labute approximate surface area is 269 Å². The van der Waals surface area contributed by atoms with Crippen LogP contribution < -0.4 is 0 Å². The predicted molar refractivity (Wildman–Crippen MR) is 185 cm³/mol. The van der Waals surface area contributed by atoms with Crippen molar-refractivity contribution >= 4 is 33.0 Å². The van der Waals surface area contributed by atoms with Gasteiger partial charge in [0.15, 0.2) is 17.5 Å². The van der Waals surface area contributed by atoms with Crippen molar-refractivity contribution in [1.82, 2.24) is 29.9 Å². The molecule has 47 heavy (non-hydrogen) atoms. The highest BCUT2D eigenvalue weighted by Gasteiger charge is 2.14. The molecule has 0 bridgehead atoms. The molecule has 0 N–H and O–H groups in total. The molecule has 5 aromatic carbocycles. The van der Waals surface area contributed by atoms with E-state index in [1.54, 1.807) is 6.20 Å². The molecule has 7 nitrogen and oxygen atoms in total. The summed E-state index contributed by atoms with van der Waals surface area (Å²) in [6.45, 7) is 0. The average molecular weight is 605 g/mol. The van der Waals surface area contributed by atoms with Gasteiger partial charge in [-0.1, -0.05) is 103 Å². The minimum Gasteiger partial charge on any atom is -0.456 e. The highest BCUT2D eigenvalue weighted by Crippen LogP contribution is 2.32. The van der Waals surface area contributed by atoms with Gasteiger partial charge >= 0.3 is 0 Å². The molecule has 9 aromatic rings. The second-order valence-corrected chi connectivity index (χ2v) is 11.2. The molecule has 0 aliphatic carbocycles.